The van der Waals surface area contributed by atoms with Crippen molar-refractivity contribution < 1.29 is 9.47 Å². The maximum Gasteiger partial charge on any atom is 0.142 e. The number of aromatic nitrogens is 1. The molecule has 0 bridgehead atoms. The maximum absolute atomic E-state index is 9.79. The second-order valence-corrected chi connectivity index (χ2v) is 5.97. The number of hydrogen-bond donors (Lipinski definition) is 1. The zero-order valence-electron chi connectivity index (χ0n) is 15.6. The van der Waals surface area contributed by atoms with Crippen LogP contribution in [-0.2, 0) is 6.42 Å². The van der Waals surface area contributed by atoms with Crippen molar-refractivity contribution in [3.63, 3.8) is 0 Å². The number of ether oxygens (including phenoxy) is 2. The standard InChI is InChI=1S/C22H21N3O2/c1-4-16-20(17-12-15(26-2)10-11-19(17)27-3)18(13-23)22(24)25-21(16)14-8-6-5-7-9-14/h5-12H,4H2,1-3H3,(H2,24,25). The molecule has 1 heterocycles. The summed E-state index contributed by atoms with van der Waals surface area (Å²) in [6, 6.07) is 17.6. The molecule has 0 spiro atoms. The molecule has 1 aromatic heterocycles. The quantitative estimate of drug-likeness (QED) is 0.728. The number of pyridine rings is 1. The van der Waals surface area contributed by atoms with Crippen LogP contribution in [0.15, 0.2) is 48.5 Å². The number of methoxy groups -OCH3 is 2. The molecule has 0 atom stereocenters. The lowest BCUT2D eigenvalue weighted by Gasteiger charge is -2.19. The lowest BCUT2D eigenvalue weighted by Crippen LogP contribution is -2.06. The van der Waals surface area contributed by atoms with Crippen LogP contribution in [0.5, 0.6) is 11.5 Å². The fourth-order valence-electron chi connectivity index (χ4n) is 3.24. The van der Waals surface area contributed by atoms with E-state index in [2.05, 4.69) is 11.1 Å². The van der Waals surface area contributed by atoms with Crippen LogP contribution in [0.3, 0.4) is 0 Å². The summed E-state index contributed by atoms with van der Waals surface area (Å²) in [6.07, 6.45) is 0.682. The van der Waals surface area contributed by atoms with Crippen molar-refractivity contribution in [3.05, 3.63) is 59.7 Å². The summed E-state index contributed by atoms with van der Waals surface area (Å²) in [5, 5.41) is 9.79. The fraction of sp³-hybridized carbons (Fsp3) is 0.182. The minimum atomic E-state index is 0.202. The number of benzene rings is 2. The van der Waals surface area contributed by atoms with E-state index < -0.39 is 0 Å². The van der Waals surface area contributed by atoms with E-state index in [0.29, 0.717) is 23.5 Å². The Morgan fingerprint density at radius 1 is 1.07 bits per heavy atom. The molecule has 5 nitrogen and oxygen atoms in total. The zero-order valence-corrected chi connectivity index (χ0v) is 15.6. The van der Waals surface area contributed by atoms with E-state index in [1.54, 1.807) is 14.2 Å². The first-order chi connectivity index (χ1) is 13.1. The number of nitrogen functional groups attached to an aromatic ring is 1. The van der Waals surface area contributed by atoms with E-state index >= 15 is 0 Å². The van der Waals surface area contributed by atoms with E-state index in [0.717, 1.165) is 27.9 Å². The highest BCUT2D eigenvalue weighted by molar-refractivity contribution is 5.87. The average molecular weight is 359 g/mol. The van der Waals surface area contributed by atoms with Crippen LogP contribution in [-0.4, -0.2) is 19.2 Å². The first-order valence-electron chi connectivity index (χ1n) is 8.64. The largest absolute Gasteiger partial charge is 0.497 e. The molecule has 0 saturated carbocycles. The Bertz CT molecular complexity index is 1010. The zero-order chi connectivity index (χ0) is 19.4. The van der Waals surface area contributed by atoms with E-state index in [1.807, 2.05) is 55.5 Å². The summed E-state index contributed by atoms with van der Waals surface area (Å²) in [7, 11) is 3.21. The first-order valence-corrected chi connectivity index (χ1v) is 8.64. The molecule has 136 valence electrons. The topological polar surface area (TPSA) is 81.2 Å². The van der Waals surface area contributed by atoms with Gasteiger partial charge < -0.3 is 15.2 Å². The van der Waals surface area contributed by atoms with Gasteiger partial charge in [0.25, 0.3) is 0 Å². The molecule has 0 aliphatic rings. The Balaban J connectivity index is 2.42. The van der Waals surface area contributed by atoms with Gasteiger partial charge in [-0.2, -0.15) is 5.26 Å². The van der Waals surface area contributed by atoms with Gasteiger partial charge in [-0.15, -0.1) is 0 Å². The summed E-state index contributed by atoms with van der Waals surface area (Å²) in [6.45, 7) is 2.04. The molecule has 3 aromatic rings. The van der Waals surface area contributed by atoms with Crippen LogP contribution >= 0.6 is 0 Å². The number of rotatable bonds is 5. The van der Waals surface area contributed by atoms with Crippen LogP contribution in [0.1, 0.15) is 18.1 Å². The molecule has 0 aliphatic heterocycles. The Kier molecular flexibility index (Phi) is 5.28. The van der Waals surface area contributed by atoms with Crippen LogP contribution in [0.2, 0.25) is 0 Å². The molecule has 27 heavy (non-hydrogen) atoms. The third-order valence-electron chi connectivity index (χ3n) is 4.51. The minimum absolute atomic E-state index is 0.202. The molecule has 5 heteroatoms. The maximum atomic E-state index is 9.79. The van der Waals surface area contributed by atoms with E-state index in [1.165, 1.54) is 0 Å². The normalized spacial score (nSPS) is 10.3. The molecular weight excluding hydrogens is 338 g/mol. The van der Waals surface area contributed by atoms with Gasteiger partial charge in [-0.05, 0) is 30.2 Å². The van der Waals surface area contributed by atoms with Crippen LogP contribution in [0, 0.1) is 11.3 Å². The van der Waals surface area contributed by atoms with Crippen molar-refractivity contribution in [1.82, 2.24) is 4.98 Å². The van der Waals surface area contributed by atoms with Crippen LogP contribution < -0.4 is 15.2 Å². The highest BCUT2D eigenvalue weighted by Gasteiger charge is 2.22. The Morgan fingerprint density at radius 2 is 1.81 bits per heavy atom. The molecule has 0 radical (unpaired) electrons. The third kappa shape index (κ3) is 3.30. The lowest BCUT2D eigenvalue weighted by atomic mass is 9.90. The predicted octanol–water partition coefficient (Wildman–Crippen LogP) is 4.45. The number of hydrogen-bond acceptors (Lipinski definition) is 5. The molecule has 3 rings (SSSR count). The van der Waals surface area contributed by atoms with Crippen molar-refractivity contribution in [1.29, 1.82) is 5.26 Å². The van der Waals surface area contributed by atoms with Crippen molar-refractivity contribution >= 4 is 5.82 Å². The van der Waals surface area contributed by atoms with E-state index in [4.69, 9.17) is 15.2 Å². The molecular formula is C22H21N3O2. The second kappa shape index (κ2) is 7.79. The van der Waals surface area contributed by atoms with E-state index in [-0.39, 0.29) is 5.82 Å². The van der Waals surface area contributed by atoms with Gasteiger partial charge in [-0.1, -0.05) is 37.3 Å². The summed E-state index contributed by atoms with van der Waals surface area (Å²) in [5.74, 6) is 1.52. The Morgan fingerprint density at radius 3 is 2.41 bits per heavy atom. The molecule has 0 unspecified atom stereocenters. The monoisotopic (exact) mass is 359 g/mol. The fourth-order valence-corrected chi connectivity index (χ4v) is 3.24. The number of nitriles is 1. The van der Waals surface area contributed by atoms with Crippen LogP contribution in [0.4, 0.5) is 5.82 Å². The Hall–Kier alpha value is -3.52. The van der Waals surface area contributed by atoms with Crippen molar-refractivity contribution in [3.8, 4) is 40.0 Å². The van der Waals surface area contributed by atoms with Crippen molar-refractivity contribution in [2.45, 2.75) is 13.3 Å². The van der Waals surface area contributed by atoms with Gasteiger partial charge in [0.15, 0.2) is 0 Å². The molecule has 0 aliphatic carbocycles. The lowest BCUT2D eigenvalue weighted by molar-refractivity contribution is 0.404. The number of nitrogens with zero attached hydrogens (tertiary/aromatic N) is 2. The SMILES string of the molecule is CCc1c(-c2ccccc2)nc(N)c(C#N)c1-c1cc(OC)ccc1OC. The first kappa shape index (κ1) is 18.3. The van der Waals surface area contributed by atoms with Gasteiger partial charge in [-0.3, -0.25) is 0 Å². The molecule has 2 aromatic carbocycles. The summed E-state index contributed by atoms with van der Waals surface area (Å²) in [5.41, 5.74) is 10.7. The highest BCUT2D eigenvalue weighted by Crippen LogP contribution is 2.42. The van der Waals surface area contributed by atoms with Gasteiger partial charge in [0.2, 0.25) is 0 Å². The summed E-state index contributed by atoms with van der Waals surface area (Å²) < 4.78 is 10.9. The van der Waals surface area contributed by atoms with E-state index in [9.17, 15) is 5.26 Å². The molecule has 2 N–H and O–H groups in total. The number of nitrogens with two attached hydrogens (primary N) is 1. The van der Waals surface area contributed by atoms with Gasteiger partial charge in [0.1, 0.15) is 28.9 Å². The van der Waals surface area contributed by atoms with Gasteiger partial charge in [0.05, 0.1) is 19.9 Å². The minimum Gasteiger partial charge on any atom is -0.497 e. The van der Waals surface area contributed by atoms with Gasteiger partial charge >= 0.3 is 0 Å². The van der Waals surface area contributed by atoms with Gasteiger partial charge in [0, 0.05) is 16.7 Å². The predicted molar refractivity (Wildman–Crippen MR) is 107 cm³/mol. The molecule has 0 fully saturated rings. The summed E-state index contributed by atoms with van der Waals surface area (Å²) >= 11 is 0. The highest BCUT2D eigenvalue weighted by atomic mass is 16.5. The van der Waals surface area contributed by atoms with Crippen LogP contribution in [0.25, 0.3) is 22.4 Å². The van der Waals surface area contributed by atoms with Crippen molar-refractivity contribution in [2.24, 2.45) is 0 Å². The molecule has 0 amide bonds. The van der Waals surface area contributed by atoms with Gasteiger partial charge in [-0.25, -0.2) is 4.98 Å². The smallest absolute Gasteiger partial charge is 0.142 e. The third-order valence-corrected chi connectivity index (χ3v) is 4.51. The molecule has 0 saturated heterocycles. The average Bonchev–Trinajstić information content (AvgIpc) is 2.73. The number of anilines is 1. The van der Waals surface area contributed by atoms with Crippen molar-refractivity contribution in [2.75, 3.05) is 20.0 Å². The second-order valence-electron chi connectivity index (χ2n) is 5.97. The summed E-state index contributed by atoms with van der Waals surface area (Å²) in [4.78, 5) is 4.55. The Labute approximate surface area is 159 Å².